The molecule has 128 valence electrons. The van der Waals surface area contributed by atoms with Crippen LogP contribution in [0.5, 0.6) is 0 Å². The Kier molecular flexibility index (Phi) is 4.41. The third-order valence-electron chi connectivity index (χ3n) is 5.21. The first kappa shape index (κ1) is 15.8. The van der Waals surface area contributed by atoms with Gasteiger partial charge in [-0.05, 0) is 42.2 Å². The molecule has 0 aromatic carbocycles. The van der Waals surface area contributed by atoms with E-state index in [1.165, 1.54) is 25.7 Å². The monoisotopic (exact) mass is 345 g/mol. The van der Waals surface area contributed by atoms with E-state index in [0.717, 1.165) is 16.8 Å². The highest BCUT2D eigenvalue weighted by Crippen LogP contribution is 2.31. The molecule has 0 radical (unpaired) electrons. The third-order valence-corrected chi connectivity index (χ3v) is 5.92. The van der Waals surface area contributed by atoms with Crippen molar-refractivity contribution in [3.05, 3.63) is 39.8 Å². The number of aromatic nitrogens is 2. The summed E-state index contributed by atoms with van der Waals surface area (Å²) in [6.45, 7) is 3.87. The van der Waals surface area contributed by atoms with Crippen molar-refractivity contribution < 1.29 is 9.53 Å². The quantitative estimate of drug-likeness (QED) is 0.854. The van der Waals surface area contributed by atoms with Crippen LogP contribution in [0.15, 0.2) is 23.0 Å². The Balaban J connectivity index is 1.51. The molecule has 1 amide bonds. The van der Waals surface area contributed by atoms with Gasteiger partial charge >= 0.3 is 0 Å². The molecule has 24 heavy (non-hydrogen) atoms. The maximum Gasteiger partial charge on any atom is 0.257 e. The van der Waals surface area contributed by atoms with Crippen molar-refractivity contribution in [3.8, 4) is 0 Å². The average molecular weight is 345 g/mol. The Hall–Kier alpha value is -1.66. The van der Waals surface area contributed by atoms with Gasteiger partial charge in [-0.3, -0.25) is 9.48 Å². The highest BCUT2D eigenvalue weighted by Gasteiger charge is 2.29. The molecule has 2 aromatic rings. The van der Waals surface area contributed by atoms with Gasteiger partial charge in [0.1, 0.15) is 6.10 Å². The van der Waals surface area contributed by atoms with Gasteiger partial charge in [0.15, 0.2) is 0 Å². The second-order valence-corrected chi connectivity index (χ2v) is 7.47. The summed E-state index contributed by atoms with van der Waals surface area (Å²) in [6.07, 6.45) is 6.62. The summed E-state index contributed by atoms with van der Waals surface area (Å²) in [7, 11) is 0. The van der Waals surface area contributed by atoms with E-state index in [-0.39, 0.29) is 12.0 Å². The van der Waals surface area contributed by atoms with Gasteiger partial charge in [0.2, 0.25) is 0 Å². The van der Waals surface area contributed by atoms with Crippen LogP contribution in [0.3, 0.4) is 0 Å². The molecule has 1 saturated carbocycles. The third kappa shape index (κ3) is 2.89. The highest BCUT2D eigenvalue weighted by molar-refractivity contribution is 7.07. The van der Waals surface area contributed by atoms with Crippen LogP contribution in [-0.4, -0.2) is 40.3 Å². The standard InChI is InChI=1S/C18H23N3O2S/c1-13-16(10-19-21(13)15-4-2-3-5-15)18(22)20-7-8-23-17(11-20)14-6-9-24-12-14/h6,9-10,12,15,17H,2-5,7-8,11H2,1H3. The lowest BCUT2D eigenvalue weighted by Crippen LogP contribution is -2.42. The number of carbonyl (C=O) groups is 1. The zero-order valence-electron chi connectivity index (χ0n) is 14.0. The molecular formula is C18H23N3O2S. The van der Waals surface area contributed by atoms with Crippen LogP contribution in [0.2, 0.25) is 0 Å². The topological polar surface area (TPSA) is 47.4 Å². The van der Waals surface area contributed by atoms with Gasteiger partial charge in [0.25, 0.3) is 5.91 Å². The van der Waals surface area contributed by atoms with Crippen molar-refractivity contribution in [2.75, 3.05) is 19.7 Å². The van der Waals surface area contributed by atoms with Crippen LogP contribution in [0.4, 0.5) is 0 Å². The zero-order valence-corrected chi connectivity index (χ0v) is 14.8. The number of thiophene rings is 1. The number of hydrogen-bond donors (Lipinski definition) is 0. The van der Waals surface area contributed by atoms with E-state index in [9.17, 15) is 4.79 Å². The van der Waals surface area contributed by atoms with Gasteiger partial charge in [-0.2, -0.15) is 16.4 Å². The summed E-state index contributed by atoms with van der Waals surface area (Å²) in [4.78, 5) is 14.9. The summed E-state index contributed by atoms with van der Waals surface area (Å²) in [5, 5.41) is 8.67. The molecule has 1 aliphatic carbocycles. The van der Waals surface area contributed by atoms with Crippen molar-refractivity contribution in [3.63, 3.8) is 0 Å². The minimum Gasteiger partial charge on any atom is -0.370 e. The second kappa shape index (κ2) is 6.69. The number of hydrogen-bond acceptors (Lipinski definition) is 4. The van der Waals surface area contributed by atoms with Crippen molar-refractivity contribution >= 4 is 17.2 Å². The molecular weight excluding hydrogens is 322 g/mol. The van der Waals surface area contributed by atoms with E-state index >= 15 is 0 Å². The second-order valence-electron chi connectivity index (χ2n) is 6.69. The normalized spacial score (nSPS) is 22.2. The van der Waals surface area contributed by atoms with Gasteiger partial charge < -0.3 is 9.64 Å². The van der Waals surface area contributed by atoms with Crippen LogP contribution >= 0.6 is 11.3 Å². The molecule has 2 fully saturated rings. The number of ether oxygens (including phenoxy) is 1. The summed E-state index contributed by atoms with van der Waals surface area (Å²) >= 11 is 1.66. The SMILES string of the molecule is Cc1c(C(=O)N2CCOC(c3ccsc3)C2)cnn1C1CCCC1. The van der Waals surface area contributed by atoms with Crippen molar-refractivity contribution in [2.45, 2.75) is 44.8 Å². The molecule has 3 heterocycles. The smallest absolute Gasteiger partial charge is 0.257 e. The molecule has 1 unspecified atom stereocenters. The van der Waals surface area contributed by atoms with E-state index in [2.05, 4.69) is 26.6 Å². The molecule has 1 saturated heterocycles. The summed E-state index contributed by atoms with van der Waals surface area (Å²) in [5.41, 5.74) is 2.91. The maximum atomic E-state index is 13.0. The lowest BCUT2D eigenvalue weighted by Gasteiger charge is -2.32. The Labute approximate surface area is 146 Å². The van der Waals surface area contributed by atoms with E-state index < -0.39 is 0 Å². The molecule has 0 bridgehead atoms. The fourth-order valence-corrected chi connectivity index (χ4v) is 4.52. The van der Waals surface area contributed by atoms with Crippen LogP contribution in [0.1, 0.15) is 59.4 Å². The van der Waals surface area contributed by atoms with Crippen molar-refractivity contribution in [1.29, 1.82) is 0 Å². The first-order valence-electron chi connectivity index (χ1n) is 8.71. The van der Waals surface area contributed by atoms with Gasteiger partial charge in [0.05, 0.1) is 31.0 Å². The number of morpholine rings is 1. The van der Waals surface area contributed by atoms with E-state index in [0.29, 0.717) is 25.7 Å². The predicted molar refractivity (Wildman–Crippen MR) is 93.4 cm³/mol. The van der Waals surface area contributed by atoms with Crippen molar-refractivity contribution in [2.24, 2.45) is 0 Å². The maximum absolute atomic E-state index is 13.0. The minimum atomic E-state index is -0.0147. The van der Waals surface area contributed by atoms with Gasteiger partial charge in [0, 0.05) is 12.2 Å². The number of amides is 1. The van der Waals surface area contributed by atoms with E-state index in [1.807, 2.05) is 11.8 Å². The summed E-state index contributed by atoms with van der Waals surface area (Å²) in [6, 6.07) is 2.54. The van der Waals surface area contributed by atoms with Crippen LogP contribution in [0.25, 0.3) is 0 Å². The molecule has 1 aliphatic heterocycles. The van der Waals surface area contributed by atoms with Crippen LogP contribution in [-0.2, 0) is 4.74 Å². The van der Waals surface area contributed by atoms with E-state index in [1.54, 1.807) is 17.5 Å². The number of rotatable bonds is 3. The molecule has 1 atom stereocenters. The Morgan fingerprint density at radius 3 is 2.96 bits per heavy atom. The lowest BCUT2D eigenvalue weighted by molar-refractivity contribution is -0.0226. The highest BCUT2D eigenvalue weighted by atomic mass is 32.1. The Morgan fingerprint density at radius 1 is 1.38 bits per heavy atom. The number of carbonyl (C=O) groups excluding carboxylic acids is 1. The fourth-order valence-electron chi connectivity index (χ4n) is 3.81. The zero-order chi connectivity index (χ0) is 16.5. The summed E-state index contributed by atoms with van der Waals surface area (Å²) < 4.78 is 7.91. The minimum absolute atomic E-state index is 0.0147. The van der Waals surface area contributed by atoms with Gasteiger partial charge in [-0.1, -0.05) is 12.8 Å². The van der Waals surface area contributed by atoms with Crippen LogP contribution < -0.4 is 0 Å². The predicted octanol–water partition coefficient (Wildman–Crippen LogP) is 3.58. The van der Waals surface area contributed by atoms with Gasteiger partial charge in [-0.15, -0.1) is 0 Å². The summed E-state index contributed by atoms with van der Waals surface area (Å²) in [5.74, 6) is 0.0836. The number of nitrogens with zero attached hydrogens (tertiary/aromatic N) is 3. The molecule has 4 rings (SSSR count). The molecule has 6 heteroatoms. The van der Waals surface area contributed by atoms with Crippen molar-refractivity contribution in [1.82, 2.24) is 14.7 Å². The van der Waals surface area contributed by atoms with Crippen LogP contribution in [0, 0.1) is 6.92 Å². The first-order valence-corrected chi connectivity index (χ1v) is 9.65. The first-order chi connectivity index (χ1) is 11.7. The molecule has 0 spiro atoms. The Morgan fingerprint density at radius 2 is 2.21 bits per heavy atom. The van der Waals surface area contributed by atoms with Gasteiger partial charge in [-0.25, -0.2) is 0 Å². The largest absolute Gasteiger partial charge is 0.370 e. The molecule has 0 N–H and O–H groups in total. The molecule has 2 aromatic heterocycles. The van der Waals surface area contributed by atoms with E-state index in [4.69, 9.17) is 4.74 Å². The lowest BCUT2D eigenvalue weighted by atomic mass is 10.1. The molecule has 2 aliphatic rings. The molecule has 5 nitrogen and oxygen atoms in total. The fraction of sp³-hybridized carbons (Fsp3) is 0.556. The average Bonchev–Trinajstić information content (AvgIpc) is 3.36. The Bertz CT molecular complexity index is 704.